The highest BCUT2D eigenvalue weighted by molar-refractivity contribution is 5.73. The van der Waals surface area contributed by atoms with Crippen LogP contribution < -0.4 is 0 Å². The Kier molecular flexibility index (Phi) is 3.56. The highest BCUT2D eigenvalue weighted by atomic mass is 14.3. The molecule has 0 N–H and O–H groups in total. The third kappa shape index (κ3) is 2.20. The molecule has 0 saturated carbocycles. The molecule has 0 heterocycles. The van der Waals surface area contributed by atoms with Crippen LogP contribution in [0.5, 0.6) is 0 Å². The molecule has 18 heavy (non-hydrogen) atoms. The van der Waals surface area contributed by atoms with Crippen LogP contribution in [-0.4, -0.2) is 0 Å². The average molecular weight is 238 g/mol. The third-order valence-corrected chi connectivity index (χ3v) is 4.11. The van der Waals surface area contributed by atoms with Crippen LogP contribution in [0.15, 0.2) is 54.6 Å². The maximum absolute atomic E-state index is 2.32. The van der Waals surface area contributed by atoms with Gasteiger partial charge in [0.15, 0.2) is 0 Å². The first-order valence-electron chi connectivity index (χ1n) is 6.68. The minimum Gasteiger partial charge on any atom is -0.0908 e. The Morgan fingerprint density at radius 1 is 1.22 bits per heavy atom. The maximum atomic E-state index is 2.32. The first kappa shape index (κ1) is 12.9. The fourth-order valence-corrected chi connectivity index (χ4v) is 2.76. The molecule has 2 atom stereocenters. The Hall–Kier alpha value is -1.56. The van der Waals surface area contributed by atoms with Crippen LogP contribution in [0.1, 0.15) is 31.9 Å². The van der Waals surface area contributed by atoms with Crippen molar-refractivity contribution in [1.82, 2.24) is 0 Å². The third-order valence-electron chi connectivity index (χ3n) is 4.11. The molecule has 0 radical (unpaired) electrons. The van der Waals surface area contributed by atoms with E-state index in [1.165, 1.54) is 16.7 Å². The Labute approximate surface area is 111 Å². The van der Waals surface area contributed by atoms with E-state index in [1.807, 2.05) is 0 Å². The number of hydrogen-bond acceptors (Lipinski definition) is 0. The van der Waals surface area contributed by atoms with Gasteiger partial charge in [-0.2, -0.15) is 0 Å². The van der Waals surface area contributed by atoms with Gasteiger partial charge in [-0.1, -0.05) is 68.5 Å². The molecular weight excluding hydrogens is 216 g/mol. The van der Waals surface area contributed by atoms with E-state index in [2.05, 4.69) is 82.3 Å². The van der Waals surface area contributed by atoms with Crippen LogP contribution in [-0.2, 0) is 0 Å². The number of rotatable bonds is 2. The van der Waals surface area contributed by atoms with Crippen molar-refractivity contribution < 1.29 is 0 Å². The molecule has 0 nitrogen and oxygen atoms in total. The molecule has 2 unspecified atom stereocenters. The summed E-state index contributed by atoms with van der Waals surface area (Å²) in [4.78, 5) is 0. The summed E-state index contributed by atoms with van der Waals surface area (Å²) in [5.41, 5.74) is 4.30. The van der Waals surface area contributed by atoms with Gasteiger partial charge in [-0.3, -0.25) is 0 Å². The van der Waals surface area contributed by atoms with Crippen LogP contribution in [0.3, 0.4) is 0 Å². The lowest BCUT2D eigenvalue weighted by Gasteiger charge is -2.35. The first-order chi connectivity index (χ1) is 8.58. The van der Waals surface area contributed by atoms with Crippen LogP contribution in [0, 0.1) is 18.3 Å². The van der Waals surface area contributed by atoms with Crippen molar-refractivity contribution in [3.05, 3.63) is 65.8 Å². The average Bonchev–Trinajstić information content (AvgIpc) is 2.34. The van der Waals surface area contributed by atoms with Crippen molar-refractivity contribution >= 4 is 5.57 Å². The van der Waals surface area contributed by atoms with Crippen LogP contribution in [0.25, 0.3) is 5.57 Å². The van der Waals surface area contributed by atoms with E-state index >= 15 is 0 Å². The quantitative estimate of drug-likeness (QED) is 0.624. The molecule has 0 aliphatic heterocycles. The van der Waals surface area contributed by atoms with Crippen molar-refractivity contribution in [1.29, 1.82) is 0 Å². The predicted molar refractivity (Wildman–Crippen MR) is 80.4 cm³/mol. The second kappa shape index (κ2) is 4.97. The fourth-order valence-electron chi connectivity index (χ4n) is 2.76. The monoisotopic (exact) mass is 238 g/mol. The smallest absolute Gasteiger partial charge is 0.0102 e. The summed E-state index contributed by atoms with van der Waals surface area (Å²) >= 11 is 0. The summed E-state index contributed by atoms with van der Waals surface area (Å²) in [6.45, 7) is 8.91. The molecule has 0 fully saturated rings. The zero-order chi connectivity index (χ0) is 13.2. The van der Waals surface area contributed by atoms with Crippen molar-refractivity contribution in [2.45, 2.75) is 27.7 Å². The molecule has 1 aromatic rings. The molecule has 1 aliphatic carbocycles. The van der Waals surface area contributed by atoms with E-state index in [0.717, 1.165) is 0 Å². The van der Waals surface area contributed by atoms with Crippen LogP contribution in [0.4, 0.5) is 0 Å². The normalized spacial score (nSPS) is 27.6. The Morgan fingerprint density at radius 3 is 2.61 bits per heavy atom. The molecule has 0 saturated heterocycles. The van der Waals surface area contributed by atoms with Gasteiger partial charge in [0.1, 0.15) is 0 Å². The lowest BCUT2D eigenvalue weighted by atomic mass is 9.69. The van der Waals surface area contributed by atoms with E-state index in [9.17, 15) is 0 Å². The van der Waals surface area contributed by atoms with Crippen molar-refractivity contribution in [2.24, 2.45) is 11.3 Å². The molecule has 2 rings (SSSR count). The summed E-state index contributed by atoms with van der Waals surface area (Å²) in [5.74, 6) is 0.500. The fraction of sp³-hybridized carbons (Fsp3) is 0.333. The van der Waals surface area contributed by atoms with Gasteiger partial charge in [0.2, 0.25) is 0 Å². The molecule has 0 aromatic heterocycles. The van der Waals surface area contributed by atoms with Crippen molar-refractivity contribution in [3.63, 3.8) is 0 Å². The number of hydrogen-bond donors (Lipinski definition) is 0. The highest BCUT2D eigenvalue weighted by Crippen LogP contribution is 2.43. The largest absolute Gasteiger partial charge is 0.0908 e. The molecular formula is C18H22. The molecule has 0 heteroatoms. The van der Waals surface area contributed by atoms with E-state index < -0.39 is 0 Å². The predicted octanol–water partition coefficient (Wildman–Crippen LogP) is 5.17. The van der Waals surface area contributed by atoms with Crippen LogP contribution in [0.2, 0.25) is 0 Å². The summed E-state index contributed by atoms with van der Waals surface area (Å²) < 4.78 is 0. The molecule has 0 bridgehead atoms. The molecule has 1 aliphatic rings. The minimum absolute atomic E-state index is 0.126. The Morgan fingerprint density at radius 2 is 1.94 bits per heavy atom. The molecule has 94 valence electrons. The van der Waals surface area contributed by atoms with E-state index in [4.69, 9.17) is 0 Å². The topological polar surface area (TPSA) is 0 Å². The summed E-state index contributed by atoms with van der Waals surface area (Å²) in [6.07, 6.45) is 11.2. The second-order valence-corrected chi connectivity index (χ2v) is 5.38. The van der Waals surface area contributed by atoms with Crippen molar-refractivity contribution in [3.8, 4) is 0 Å². The zero-order valence-electron chi connectivity index (χ0n) is 11.8. The number of benzene rings is 1. The SMILES string of the molecule is CC=CC1(C)C=CC=C(c2ccccc2C)C1C. The van der Waals surface area contributed by atoms with Gasteiger partial charge in [0.05, 0.1) is 0 Å². The summed E-state index contributed by atoms with van der Waals surface area (Å²) in [6, 6.07) is 8.65. The zero-order valence-corrected chi connectivity index (χ0v) is 11.8. The lowest BCUT2D eigenvalue weighted by Crippen LogP contribution is -2.24. The Bertz CT molecular complexity index is 517. The van der Waals surface area contributed by atoms with Crippen molar-refractivity contribution in [2.75, 3.05) is 0 Å². The van der Waals surface area contributed by atoms with Crippen LogP contribution >= 0.6 is 0 Å². The van der Waals surface area contributed by atoms with Gasteiger partial charge in [0.25, 0.3) is 0 Å². The molecule has 0 amide bonds. The van der Waals surface area contributed by atoms with Gasteiger partial charge in [-0.15, -0.1) is 0 Å². The Balaban J connectivity index is 2.45. The van der Waals surface area contributed by atoms with E-state index in [0.29, 0.717) is 5.92 Å². The summed E-state index contributed by atoms with van der Waals surface area (Å²) in [7, 11) is 0. The van der Waals surface area contributed by atoms with E-state index in [1.54, 1.807) is 0 Å². The van der Waals surface area contributed by atoms with Gasteiger partial charge >= 0.3 is 0 Å². The standard InChI is InChI=1S/C18H22/c1-5-12-18(4)13-8-11-17(15(18)3)16-10-7-6-9-14(16)2/h5-13,15H,1-4H3. The maximum Gasteiger partial charge on any atom is 0.0102 e. The second-order valence-electron chi connectivity index (χ2n) is 5.38. The van der Waals surface area contributed by atoms with Gasteiger partial charge in [-0.25, -0.2) is 0 Å². The highest BCUT2D eigenvalue weighted by Gasteiger charge is 2.30. The number of allylic oxidation sites excluding steroid dienone is 6. The summed E-state index contributed by atoms with van der Waals surface area (Å²) in [5, 5.41) is 0. The number of aryl methyl sites for hydroxylation is 1. The van der Waals surface area contributed by atoms with E-state index in [-0.39, 0.29) is 5.41 Å². The van der Waals surface area contributed by atoms with Gasteiger partial charge < -0.3 is 0 Å². The molecule has 1 aromatic carbocycles. The van der Waals surface area contributed by atoms with Gasteiger partial charge in [-0.05, 0) is 36.5 Å². The minimum atomic E-state index is 0.126. The first-order valence-corrected chi connectivity index (χ1v) is 6.68. The molecule has 0 spiro atoms. The lowest BCUT2D eigenvalue weighted by molar-refractivity contribution is 0.431. The van der Waals surface area contributed by atoms with Gasteiger partial charge in [0, 0.05) is 5.41 Å².